The molecule has 1 N–H and O–H groups in total. The van der Waals surface area contributed by atoms with Gasteiger partial charge in [-0.15, -0.1) is 0 Å². The van der Waals surface area contributed by atoms with Gasteiger partial charge in [0.1, 0.15) is 17.3 Å². The van der Waals surface area contributed by atoms with Gasteiger partial charge in [0, 0.05) is 19.5 Å². The van der Waals surface area contributed by atoms with E-state index in [1.165, 1.54) is 10.4 Å². The summed E-state index contributed by atoms with van der Waals surface area (Å²) in [6.45, 7) is 2.71. The molecule has 0 bridgehead atoms. The van der Waals surface area contributed by atoms with Crippen molar-refractivity contribution in [3.63, 3.8) is 0 Å². The van der Waals surface area contributed by atoms with Crippen molar-refractivity contribution in [2.45, 2.75) is 43.9 Å². The van der Waals surface area contributed by atoms with Gasteiger partial charge in [-0.1, -0.05) is 36.2 Å². The normalized spacial score (nSPS) is 14.6. The zero-order chi connectivity index (χ0) is 23.8. The third kappa shape index (κ3) is 6.85. The van der Waals surface area contributed by atoms with Gasteiger partial charge in [0.25, 0.3) is 0 Å². The summed E-state index contributed by atoms with van der Waals surface area (Å²) in [4.78, 5) is 23.8. The maximum absolute atomic E-state index is 14.3. The molecule has 0 unspecified atom stereocenters. The number of aryl methyl sites for hydroxylation is 2. The zero-order valence-electron chi connectivity index (χ0n) is 18.7. The lowest BCUT2D eigenvalue weighted by Gasteiger charge is -2.26. The highest BCUT2D eigenvalue weighted by atomic mass is 32.2. The predicted molar refractivity (Wildman–Crippen MR) is 122 cm³/mol. The Morgan fingerprint density at radius 2 is 1.76 bits per heavy atom. The maximum atomic E-state index is 14.3. The fraction of sp³-hybridized carbons (Fsp3) is 0.417. The number of ether oxygens (including phenoxy) is 1. The summed E-state index contributed by atoms with van der Waals surface area (Å²) in [5.74, 6) is -1.85. The molecule has 1 saturated heterocycles. The minimum Gasteiger partial charge on any atom is -0.460 e. The number of rotatable bonds is 9. The molecule has 178 valence electrons. The van der Waals surface area contributed by atoms with E-state index in [9.17, 15) is 22.4 Å². The second-order valence-corrected chi connectivity index (χ2v) is 9.99. The molecule has 0 radical (unpaired) electrons. The highest BCUT2D eigenvalue weighted by molar-refractivity contribution is 7.89. The maximum Gasteiger partial charge on any atom is 0.338 e. The van der Waals surface area contributed by atoms with E-state index in [0.717, 1.165) is 42.5 Å². The number of nitrogens with zero attached hydrogens (tertiary/aromatic N) is 1. The smallest absolute Gasteiger partial charge is 0.338 e. The van der Waals surface area contributed by atoms with Crippen molar-refractivity contribution < 1.29 is 27.1 Å². The summed E-state index contributed by atoms with van der Waals surface area (Å²) in [7, 11) is -4.02. The van der Waals surface area contributed by atoms with Crippen molar-refractivity contribution >= 4 is 21.9 Å². The number of sulfonamides is 1. The van der Waals surface area contributed by atoms with Crippen LogP contribution in [-0.4, -0.2) is 50.8 Å². The predicted octanol–water partition coefficient (Wildman–Crippen LogP) is 3.21. The van der Waals surface area contributed by atoms with Crippen LogP contribution < -0.4 is 5.32 Å². The van der Waals surface area contributed by atoms with E-state index in [0.29, 0.717) is 25.9 Å². The van der Waals surface area contributed by atoms with E-state index in [2.05, 4.69) is 5.32 Å². The molecule has 9 heteroatoms. The first kappa shape index (κ1) is 24.9. The Balaban J connectivity index is 1.48. The van der Waals surface area contributed by atoms with Crippen LogP contribution in [0.4, 0.5) is 4.39 Å². The van der Waals surface area contributed by atoms with Gasteiger partial charge < -0.3 is 10.1 Å². The van der Waals surface area contributed by atoms with E-state index in [1.807, 2.05) is 31.2 Å². The molecular weight excluding hydrogens is 447 g/mol. The number of hydrogen-bond donors (Lipinski definition) is 1. The second-order valence-electron chi connectivity index (χ2n) is 8.08. The summed E-state index contributed by atoms with van der Waals surface area (Å²) >= 11 is 0. The number of hydrogen-bond acceptors (Lipinski definition) is 5. The molecule has 1 aliphatic rings. The van der Waals surface area contributed by atoms with Gasteiger partial charge in [-0.3, -0.25) is 4.79 Å². The average Bonchev–Trinajstić information content (AvgIpc) is 2.82. The summed E-state index contributed by atoms with van der Waals surface area (Å²) in [6, 6.07) is 11.1. The van der Waals surface area contributed by atoms with Crippen molar-refractivity contribution in [3.05, 3.63) is 65.0 Å². The average molecular weight is 477 g/mol. The highest BCUT2D eigenvalue weighted by Gasteiger charge is 2.29. The van der Waals surface area contributed by atoms with Crippen LogP contribution in [-0.2, 0) is 26.0 Å². The van der Waals surface area contributed by atoms with Crippen molar-refractivity contribution in [2.75, 3.05) is 26.2 Å². The quantitative estimate of drug-likeness (QED) is 0.443. The van der Waals surface area contributed by atoms with Crippen LogP contribution in [0.5, 0.6) is 0 Å². The number of carbonyl (C=O) groups is 2. The number of carbonyl (C=O) groups excluding carboxylic acids is 2. The Morgan fingerprint density at radius 3 is 2.45 bits per heavy atom. The van der Waals surface area contributed by atoms with Crippen molar-refractivity contribution in [1.82, 2.24) is 9.62 Å². The van der Waals surface area contributed by atoms with Crippen LogP contribution in [0.25, 0.3) is 0 Å². The Hall–Kier alpha value is -2.78. The SMILES string of the molecule is Cc1ccc(CCC(=O)NCCOC(=O)c2ccc(F)c(S(=O)(=O)N3CCCCC3)c2)cc1. The summed E-state index contributed by atoms with van der Waals surface area (Å²) in [5.41, 5.74) is 2.16. The molecule has 1 heterocycles. The van der Waals surface area contributed by atoms with Gasteiger partial charge in [-0.2, -0.15) is 4.31 Å². The summed E-state index contributed by atoms with van der Waals surface area (Å²) in [5, 5.41) is 2.68. The lowest BCUT2D eigenvalue weighted by atomic mass is 10.1. The summed E-state index contributed by atoms with van der Waals surface area (Å²) in [6.07, 6.45) is 3.30. The van der Waals surface area contributed by atoms with Gasteiger partial charge >= 0.3 is 5.97 Å². The van der Waals surface area contributed by atoms with E-state index in [1.54, 1.807) is 0 Å². The highest BCUT2D eigenvalue weighted by Crippen LogP contribution is 2.24. The number of esters is 1. The fourth-order valence-electron chi connectivity index (χ4n) is 3.59. The molecule has 0 aromatic heterocycles. The molecule has 0 aliphatic carbocycles. The second kappa shape index (κ2) is 11.4. The molecule has 33 heavy (non-hydrogen) atoms. The number of piperidine rings is 1. The topological polar surface area (TPSA) is 92.8 Å². The largest absolute Gasteiger partial charge is 0.460 e. The number of benzene rings is 2. The minimum atomic E-state index is -4.02. The first-order valence-corrected chi connectivity index (χ1v) is 12.5. The lowest BCUT2D eigenvalue weighted by molar-refractivity contribution is -0.121. The Kier molecular flexibility index (Phi) is 8.57. The van der Waals surface area contributed by atoms with E-state index >= 15 is 0 Å². The van der Waals surface area contributed by atoms with Crippen molar-refractivity contribution in [3.8, 4) is 0 Å². The van der Waals surface area contributed by atoms with E-state index in [4.69, 9.17) is 4.74 Å². The molecule has 0 spiro atoms. The molecule has 0 atom stereocenters. The molecular formula is C24H29FN2O5S. The van der Waals surface area contributed by atoms with Crippen LogP contribution >= 0.6 is 0 Å². The molecule has 1 aliphatic heterocycles. The number of nitrogens with one attached hydrogen (secondary N) is 1. The van der Waals surface area contributed by atoms with Crippen LogP contribution in [0, 0.1) is 12.7 Å². The summed E-state index contributed by atoms with van der Waals surface area (Å²) < 4.78 is 46.2. The van der Waals surface area contributed by atoms with E-state index in [-0.39, 0.29) is 24.6 Å². The van der Waals surface area contributed by atoms with Crippen LogP contribution in [0.2, 0.25) is 0 Å². The van der Waals surface area contributed by atoms with Gasteiger partial charge in [-0.05, 0) is 49.9 Å². The fourth-order valence-corrected chi connectivity index (χ4v) is 5.20. The van der Waals surface area contributed by atoms with Gasteiger partial charge in [0.2, 0.25) is 15.9 Å². The zero-order valence-corrected chi connectivity index (χ0v) is 19.5. The molecule has 2 aromatic rings. The van der Waals surface area contributed by atoms with Crippen molar-refractivity contribution in [1.29, 1.82) is 0 Å². The number of amides is 1. The van der Waals surface area contributed by atoms with Gasteiger partial charge in [0.15, 0.2) is 0 Å². The standard InChI is InChI=1S/C24H29FN2O5S/c1-18-5-7-19(8-6-18)9-12-23(28)26-13-16-32-24(29)20-10-11-21(25)22(17-20)33(30,31)27-14-3-2-4-15-27/h5-8,10-11,17H,2-4,9,12-16H2,1H3,(H,26,28). The van der Waals surface area contributed by atoms with Crippen LogP contribution in [0.3, 0.4) is 0 Å². The molecule has 0 saturated carbocycles. The third-order valence-electron chi connectivity index (χ3n) is 5.52. The molecule has 7 nitrogen and oxygen atoms in total. The monoisotopic (exact) mass is 476 g/mol. The minimum absolute atomic E-state index is 0.0577. The first-order chi connectivity index (χ1) is 15.8. The number of halogens is 1. The van der Waals surface area contributed by atoms with Gasteiger partial charge in [0.05, 0.1) is 12.1 Å². The van der Waals surface area contributed by atoms with Crippen LogP contribution in [0.15, 0.2) is 47.4 Å². The van der Waals surface area contributed by atoms with Gasteiger partial charge in [-0.25, -0.2) is 17.6 Å². The molecule has 1 amide bonds. The van der Waals surface area contributed by atoms with Crippen molar-refractivity contribution in [2.24, 2.45) is 0 Å². The Morgan fingerprint density at radius 1 is 1.06 bits per heavy atom. The van der Waals surface area contributed by atoms with Crippen LogP contribution in [0.1, 0.15) is 47.2 Å². The van der Waals surface area contributed by atoms with E-state index < -0.39 is 26.7 Å². The Bertz CT molecular complexity index is 1080. The molecule has 3 rings (SSSR count). The third-order valence-corrected chi connectivity index (χ3v) is 7.43. The molecule has 2 aromatic carbocycles. The first-order valence-electron chi connectivity index (χ1n) is 11.1. The lowest BCUT2D eigenvalue weighted by Crippen LogP contribution is -2.36. The Labute approximate surface area is 194 Å². The molecule has 1 fully saturated rings.